The number of aryl methyl sites for hydroxylation is 1. The van der Waals surface area contributed by atoms with Crippen LogP contribution in [-0.4, -0.2) is 11.0 Å². The summed E-state index contributed by atoms with van der Waals surface area (Å²) in [5.74, 6) is 1.50. The van der Waals surface area contributed by atoms with Crippen molar-refractivity contribution >= 4 is 5.82 Å². The van der Waals surface area contributed by atoms with Gasteiger partial charge >= 0.3 is 0 Å². The second-order valence-corrected chi connectivity index (χ2v) is 4.23. The van der Waals surface area contributed by atoms with Gasteiger partial charge in [0.15, 0.2) is 0 Å². The van der Waals surface area contributed by atoms with Gasteiger partial charge in [-0.3, -0.25) is 0 Å². The fourth-order valence-corrected chi connectivity index (χ4v) is 1.69. The van der Waals surface area contributed by atoms with E-state index < -0.39 is 0 Å². The van der Waals surface area contributed by atoms with Crippen molar-refractivity contribution in [3.8, 4) is 6.07 Å². The van der Waals surface area contributed by atoms with Gasteiger partial charge in [-0.25, -0.2) is 4.98 Å². The molecule has 1 heterocycles. The van der Waals surface area contributed by atoms with Gasteiger partial charge < -0.3 is 5.32 Å². The molecule has 0 bridgehead atoms. The highest BCUT2D eigenvalue weighted by molar-refractivity contribution is 5.52. The standard InChI is InChI=1S/C12H15N3/c1-8-3-4-11(7-13)12(14-8)15-9(2)10-5-6-10/h3-4,9-10H,5-6H2,1-2H3,(H,14,15). The van der Waals surface area contributed by atoms with E-state index in [1.807, 2.05) is 19.1 Å². The van der Waals surface area contributed by atoms with E-state index in [0.29, 0.717) is 11.6 Å². The van der Waals surface area contributed by atoms with Crippen LogP contribution in [0.25, 0.3) is 0 Å². The van der Waals surface area contributed by atoms with Gasteiger partial charge in [0.2, 0.25) is 0 Å². The van der Waals surface area contributed by atoms with Crippen molar-refractivity contribution in [2.75, 3.05) is 5.32 Å². The molecule has 1 atom stereocenters. The van der Waals surface area contributed by atoms with Gasteiger partial charge in [0.1, 0.15) is 11.9 Å². The molecule has 15 heavy (non-hydrogen) atoms. The number of hydrogen-bond donors (Lipinski definition) is 1. The maximum Gasteiger partial charge on any atom is 0.144 e. The van der Waals surface area contributed by atoms with Gasteiger partial charge in [-0.15, -0.1) is 0 Å². The molecule has 1 N–H and O–H groups in total. The Labute approximate surface area is 90.1 Å². The molecule has 1 fully saturated rings. The molecule has 1 aromatic heterocycles. The summed E-state index contributed by atoms with van der Waals surface area (Å²) < 4.78 is 0. The van der Waals surface area contributed by atoms with E-state index in [-0.39, 0.29) is 0 Å². The minimum absolute atomic E-state index is 0.423. The first-order chi connectivity index (χ1) is 7.20. The Morgan fingerprint density at radius 3 is 2.87 bits per heavy atom. The molecule has 0 radical (unpaired) electrons. The topological polar surface area (TPSA) is 48.7 Å². The first-order valence-electron chi connectivity index (χ1n) is 5.35. The molecule has 0 amide bonds. The summed E-state index contributed by atoms with van der Waals surface area (Å²) in [6.45, 7) is 4.09. The van der Waals surface area contributed by atoms with Crippen LogP contribution in [0.2, 0.25) is 0 Å². The van der Waals surface area contributed by atoms with Gasteiger partial charge in [-0.2, -0.15) is 5.26 Å². The molecular formula is C12H15N3. The minimum atomic E-state index is 0.423. The molecule has 78 valence electrons. The van der Waals surface area contributed by atoms with Crippen LogP contribution in [0.4, 0.5) is 5.82 Å². The van der Waals surface area contributed by atoms with Crippen molar-refractivity contribution in [2.45, 2.75) is 32.7 Å². The fourth-order valence-electron chi connectivity index (χ4n) is 1.69. The number of nitriles is 1. The van der Waals surface area contributed by atoms with Crippen LogP contribution in [-0.2, 0) is 0 Å². The molecule has 1 aromatic rings. The Balaban J connectivity index is 2.18. The largest absolute Gasteiger partial charge is 0.366 e. The lowest BCUT2D eigenvalue weighted by Crippen LogP contribution is -2.19. The summed E-state index contributed by atoms with van der Waals surface area (Å²) >= 11 is 0. The van der Waals surface area contributed by atoms with Crippen molar-refractivity contribution < 1.29 is 0 Å². The number of nitrogens with one attached hydrogen (secondary N) is 1. The molecule has 0 spiro atoms. The first-order valence-corrected chi connectivity index (χ1v) is 5.35. The summed E-state index contributed by atoms with van der Waals surface area (Å²) in [5, 5.41) is 12.3. The van der Waals surface area contributed by atoms with Crippen molar-refractivity contribution in [1.29, 1.82) is 5.26 Å². The zero-order valence-corrected chi connectivity index (χ0v) is 9.12. The van der Waals surface area contributed by atoms with Crippen molar-refractivity contribution in [2.24, 2.45) is 5.92 Å². The Morgan fingerprint density at radius 1 is 1.53 bits per heavy atom. The van der Waals surface area contributed by atoms with E-state index in [4.69, 9.17) is 5.26 Å². The summed E-state index contributed by atoms with van der Waals surface area (Å²) in [5.41, 5.74) is 1.58. The minimum Gasteiger partial charge on any atom is -0.366 e. The number of pyridine rings is 1. The third-order valence-electron chi connectivity index (χ3n) is 2.85. The molecule has 1 saturated carbocycles. The summed E-state index contributed by atoms with van der Waals surface area (Å²) in [7, 11) is 0. The maximum absolute atomic E-state index is 8.95. The van der Waals surface area contributed by atoms with E-state index in [0.717, 1.165) is 17.4 Å². The number of hydrogen-bond acceptors (Lipinski definition) is 3. The lowest BCUT2D eigenvalue weighted by Gasteiger charge is -2.14. The predicted octanol–water partition coefficient (Wildman–Crippen LogP) is 2.47. The van der Waals surface area contributed by atoms with Crippen LogP contribution in [0.15, 0.2) is 12.1 Å². The lowest BCUT2D eigenvalue weighted by molar-refractivity contribution is 0.690. The summed E-state index contributed by atoms with van der Waals surface area (Å²) in [4.78, 5) is 4.36. The average Bonchev–Trinajstić information content (AvgIpc) is 3.01. The van der Waals surface area contributed by atoms with Crippen molar-refractivity contribution in [3.05, 3.63) is 23.4 Å². The first kappa shape index (κ1) is 9.97. The van der Waals surface area contributed by atoms with Crippen LogP contribution < -0.4 is 5.32 Å². The maximum atomic E-state index is 8.95. The highest BCUT2D eigenvalue weighted by Gasteiger charge is 2.28. The zero-order chi connectivity index (χ0) is 10.8. The van der Waals surface area contributed by atoms with Crippen LogP contribution in [0.5, 0.6) is 0 Å². The normalized spacial score (nSPS) is 16.9. The number of aromatic nitrogens is 1. The average molecular weight is 201 g/mol. The molecule has 3 heteroatoms. The molecular weight excluding hydrogens is 186 g/mol. The Bertz CT molecular complexity index is 402. The van der Waals surface area contributed by atoms with E-state index in [1.54, 1.807) is 0 Å². The molecule has 1 aliphatic carbocycles. The van der Waals surface area contributed by atoms with E-state index >= 15 is 0 Å². The third kappa shape index (κ3) is 2.27. The van der Waals surface area contributed by atoms with Gasteiger partial charge in [0.25, 0.3) is 0 Å². The lowest BCUT2D eigenvalue weighted by atomic mass is 10.2. The van der Waals surface area contributed by atoms with Crippen molar-refractivity contribution in [1.82, 2.24) is 4.98 Å². The van der Waals surface area contributed by atoms with Crippen LogP contribution in [0.3, 0.4) is 0 Å². The molecule has 0 aliphatic heterocycles. The third-order valence-corrected chi connectivity index (χ3v) is 2.85. The quantitative estimate of drug-likeness (QED) is 0.817. The Kier molecular flexibility index (Phi) is 2.59. The SMILES string of the molecule is Cc1ccc(C#N)c(NC(C)C2CC2)n1. The molecule has 0 aromatic carbocycles. The van der Waals surface area contributed by atoms with Crippen LogP contribution >= 0.6 is 0 Å². The van der Waals surface area contributed by atoms with Crippen LogP contribution in [0.1, 0.15) is 31.0 Å². The van der Waals surface area contributed by atoms with Crippen molar-refractivity contribution in [3.63, 3.8) is 0 Å². The Morgan fingerprint density at radius 2 is 2.27 bits per heavy atom. The smallest absolute Gasteiger partial charge is 0.144 e. The summed E-state index contributed by atoms with van der Waals surface area (Å²) in [6.07, 6.45) is 2.59. The Hall–Kier alpha value is -1.56. The number of nitrogens with zero attached hydrogens (tertiary/aromatic N) is 2. The van der Waals surface area contributed by atoms with E-state index in [1.165, 1.54) is 12.8 Å². The molecule has 2 rings (SSSR count). The predicted molar refractivity (Wildman–Crippen MR) is 59.5 cm³/mol. The summed E-state index contributed by atoms with van der Waals surface area (Å²) in [6, 6.07) is 6.28. The number of anilines is 1. The molecule has 0 saturated heterocycles. The molecule has 1 aliphatic rings. The van der Waals surface area contributed by atoms with E-state index in [2.05, 4.69) is 23.3 Å². The van der Waals surface area contributed by atoms with Gasteiger partial charge in [-0.05, 0) is 44.7 Å². The van der Waals surface area contributed by atoms with E-state index in [9.17, 15) is 0 Å². The zero-order valence-electron chi connectivity index (χ0n) is 9.12. The second kappa shape index (κ2) is 3.90. The highest BCUT2D eigenvalue weighted by Crippen LogP contribution is 2.34. The fraction of sp³-hybridized carbons (Fsp3) is 0.500. The van der Waals surface area contributed by atoms with Crippen LogP contribution in [0, 0.1) is 24.2 Å². The van der Waals surface area contributed by atoms with Gasteiger partial charge in [0.05, 0.1) is 5.56 Å². The second-order valence-electron chi connectivity index (χ2n) is 4.23. The molecule has 3 nitrogen and oxygen atoms in total. The monoisotopic (exact) mass is 201 g/mol. The molecule has 1 unspecified atom stereocenters. The van der Waals surface area contributed by atoms with Gasteiger partial charge in [-0.1, -0.05) is 0 Å². The number of rotatable bonds is 3. The van der Waals surface area contributed by atoms with Gasteiger partial charge in [0, 0.05) is 11.7 Å². The highest BCUT2D eigenvalue weighted by atomic mass is 15.0.